The van der Waals surface area contributed by atoms with Crippen LogP contribution in [0.3, 0.4) is 0 Å². The number of aromatic nitrogens is 1. The number of amides is 2. The van der Waals surface area contributed by atoms with Crippen LogP contribution in [-0.2, 0) is 4.79 Å². The SMILES string of the molecule is COc1ccc(NC(=O)[C@H]2c3cc(OC)c(OC)cc3C(=O)N(C)[C@H]2c2cccnc2)cc1OC. The van der Waals surface area contributed by atoms with Crippen LogP contribution in [0.2, 0.25) is 0 Å². The highest BCUT2D eigenvalue weighted by atomic mass is 16.5. The number of nitrogens with zero attached hydrogens (tertiary/aromatic N) is 2. The number of rotatable bonds is 7. The van der Waals surface area contributed by atoms with E-state index in [-0.39, 0.29) is 11.8 Å². The van der Waals surface area contributed by atoms with E-state index in [0.29, 0.717) is 39.8 Å². The molecule has 35 heavy (non-hydrogen) atoms. The third-order valence-electron chi connectivity index (χ3n) is 6.13. The summed E-state index contributed by atoms with van der Waals surface area (Å²) in [7, 11) is 7.76. The average molecular weight is 478 g/mol. The fourth-order valence-corrected chi connectivity index (χ4v) is 4.43. The minimum Gasteiger partial charge on any atom is -0.493 e. The van der Waals surface area contributed by atoms with Gasteiger partial charge < -0.3 is 29.2 Å². The molecule has 3 aromatic rings. The van der Waals surface area contributed by atoms with Gasteiger partial charge in [-0.25, -0.2) is 0 Å². The van der Waals surface area contributed by atoms with E-state index in [1.165, 1.54) is 21.3 Å². The molecule has 1 aliphatic rings. The number of nitrogens with one attached hydrogen (secondary N) is 1. The van der Waals surface area contributed by atoms with Gasteiger partial charge in [-0.1, -0.05) is 6.07 Å². The molecule has 0 unspecified atom stereocenters. The molecule has 0 spiro atoms. The van der Waals surface area contributed by atoms with Crippen LogP contribution in [0.5, 0.6) is 23.0 Å². The van der Waals surface area contributed by atoms with Crippen LogP contribution in [0.1, 0.15) is 33.4 Å². The van der Waals surface area contributed by atoms with Gasteiger partial charge in [-0.15, -0.1) is 0 Å². The van der Waals surface area contributed by atoms with Gasteiger partial charge in [0.1, 0.15) is 0 Å². The second kappa shape index (κ2) is 9.92. The predicted octanol–water partition coefficient (Wildman–Crippen LogP) is 3.67. The van der Waals surface area contributed by atoms with Crippen LogP contribution >= 0.6 is 0 Å². The predicted molar refractivity (Wildman–Crippen MR) is 130 cm³/mol. The summed E-state index contributed by atoms with van der Waals surface area (Å²) in [6.45, 7) is 0. The van der Waals surface area contributed by atoms with E-state index in [9.17, 15) is 9.59 Å². The van der Waals surface area contributed by atoms with Crippen LogP contribution in [0.15, 0.2) is 54.9 Å². The van der Waals surface area contributed by atoms with Crippen molar-refractivity contribution in [3.8, 4) is 23.0 Å². The van der Waals surface area contributed by atoms with Gasteiger partial charge in [0, 0.05) is 36.8 Å². The molecule has 0 aliphatic carbocycles. The first kappa shape index (κ1) is 23.9. The zero-order valence-corrected chi connectivity index (χ0v) is 20.2. The molecule has 1 aromatic heterocycles. The molecule has 4 rings (SSSR count). The molecule has 2 heterocycles. The second-order valence-electron chi connectivity index (χ2n) is 7.98. The van der Waals surface area contributed by atoms with Crippen molar-refractivity contribution in [3.05, 3.63) is 71.5 Å². The van der Waals surface area contributed by atoms with Gasteiger partial charge in [0.2, 0.25) is 5.91 Å². The molecule has 2 aromatic carbocycles. The first-order valence-electron chi connectivity index (χ1n) is 10.9. The molecule has 0 radical (unpaired) electrons. The highest BCUT2D eigenvalue weighted by molar-refractivity contribution is 6.05. The summed E-state index contributed by atoms with van der Waals surface area (Å²) in [6, 6.07) is 11.5. The van der Waals surface area contributed by atoms with Crippen molar-refractivity contribution in [1.29, 1.82) is 0 Å². The zero-order chi connectivity index (χ0) is 25.1. The summed E-state index contributed by atoms with van der Waals surface area (Å²) in [4.78, 5) is 33.0. The molecule has 9 heteroatoms. The van der Waals surface area contributed by atoms with Crippen molar-refractivity contribution in [1.82, 2.24) is 9.88 Å². The summed E-state index contributed by atoms with van der Waals surface area (Å²) >= 11 is 0. The first-order chi connectivity index (χ1) is 16.9. The minimum atomic E-state index is -0.759. The Morgan fingerprint density at radius 2 is 1.57 bits per heavy atom. The highest BCUT2D eigenvalue weighted by Crippen LogP contribution is 2.46. The fraction of sp³-hybridized carbons (Fsp3) is 0.269. The van der Waals surface area contributed by atoms with Crippen molar-refractivity contribution in [3.63, 3.8) is 0 Å². The van der Waals surface area contributed by atoms with E-state index in [4.69, 9.17) is 18.9 Å². The largest absolute Gasteiger partial charge is 0.493 e. The molecule has 2 atom stereocenters. The van der Waals surface area contributed by atoms with Crippen molar-refractivity contribution in [2.24, 2.45) is 0 Å². The van der Waals surface area contributed by atoms with Crippen molar-refractivity contribution >= 4 is 17.5 Å². The van der Waals surface area contributed by atoms with Gasteiger partial charge in [0.25, 0.3) is 5.91 Å². The quantitative estimate of drug-likeness (QED) is 0.554. The molecule has 9 nitrogen and oxygen atoms in total. The lowest BCUT2D eigenvalue weighted by molar-refractivity contribution is -0.119. The molecule has 1 N–H and O–H groups in total. The lowest BCUT2D eigenvalue weighted by Gasteiger charge is -2.39. The maximum atomic E-state index is 13.9. The Bertz CT molecular complexity index is 1250. The van der Waals surface area contributed by atoms with E-state index in [1.807, 2.05) is 6.07 Å². The van der Waals surface area contributed by atoms with Gasteiger partial charge in [-0.3, -0.25) is 14.6 Å². The molecule has 0 bridgehead atoms. The number of methoxy groups -OCH3 is 4. The molecule has 0 saturated carbocycles. The van der Waals surface area contributed by atoms with E-state index >= 15 is 0 Å². The van der Waals surface area contributed by atoms with Crippen LogP contribution in [0.4, 0.5) is 5.69 Å². The standard InChI is InChI=1S/C26H27N3O6/c1-29-24(15-7-6-10-27-14-15)23(17-12-21(34-4)22(35-5)13-18(17)26(29)31)25(30)28-16-8-9-19(32-2)20(11-16)33-3/h6-14,23-24H,1-5H3,(H,28,30)/t23-,24-/m0/s1. The summed E-state index contributed by atoms with van der Waals surface area (Å²) in [5, 5.41) is 2.97. The smallest absolute Gasteiger partial charge is 0.254 e. The lowest BCUT2D eigenvalue weighted by atomic mass is 9.79. The topological polar surface area (TPSA) is 99.2 Å². The van der Waals surface area contributed by atoms with Gasteiger partial charge in [0.15, 0.2) is 23.0 Å². The van der Waals surface area contributed by atoms with Gasteiger partial charge >= 0.3 is 0 Å². The number of benzene rings is 2. The maximum absolute atomic E-state index is 13.9. The number of pyridine rings is 1. The number of likely N-dealkylation sites (N-methyl/N-ethyl adjacent to an activating group) is 1. The molecule has 0 saturated heterocycles. The Morgan fingerprint density at radius 1 is 0.914 bits per heavy atom. The summed E-state index contributed by atoms with van der Waals surface area (Å²) in [5.74, 6) is 0.568. The first-order valence-corrected chi connectivity index (χ1v) is 10.9. The van der Waals surface area contributed by atoms with E-state index in [0.717, 1.165) is 5.56 Å². The molecular formula is C26H27N3O6. The summed E-state index contributed by atoms with van der Waals surface area (Å²) < 4.78 is 21.5. The van der Waals surface area contributed by atoms with Crippen molar-refractivity contribution in [2.45, 2.75) is 12.0 Å². The van der Waals surface area contributed by atoms with Crippen LogP contribution in [0, 0.1) is 0 Å². The minimum absolute atomic E-state index is 0.232. The Kier molecular flexibility index (Phi) is 6.77. The lowest BCUT2D eigenvalue weighted by Crippen LogP contribution is -2.44. The van der Waals surface area contributed by atoms with Crippen LogP contribution in [-0.4, -0.2) is 57.2 Å². The third-order valence-corrected chi connectivity index (χ3v) is 6.13. The molecule has 2 amide bonds. The summed E-state index contributed by atoms with van der Waals surface area (Å²) in [6.07, 6.45) is 3.31. The Morgan fingerprint density at radius 3 is 2.20 bits per heavy atom. The number of hydrogen-bond donors (Lipinski definition) is 1. The number of anilines is 1. The monoisotopic (exact) mass is 477 g/mol. The Labute approximate surface area is 203 Å². The molecular weight excluding hydrogens is 450 g/mol. The normalized spacial score (nSPS) is 16.8. The van der Waals surface area contributed by atoms with Gasteiger partial charge in [0.05, 0.1) is 40.4 Å². The Hall–Kier alpha value is -4.27. The summed E-state index contributed by atoms with van der Waals surface area (Å²) in [5.41, 5.74) is 2.17. The van der Waals surface area contributed by atoms with E-state index in [2.05, 4.69) is 10.3 Å². The zero-order valence-electron chi connectivity index (χ0n) is 20.2. The number of hydrogen-bond acceptors (Lipinski definition) is 7. The van der Waals surface area contributed by atoms with Crippen LogP contribution < -0.4 is 24.3 Å². The number of carbonyl (C=O) groups is 2. The molecule has 1 aliphatic heterocycles. The van der Waals surface area contributed by atoms with Crippen molar-refractivity contribution in [2.75, 3.05) is 40.8 Å². The number of carbonyl (C=O) groups excluding carboxylic acids is 2. The van der Waals surface area contributed by atoms with Gasteiger partial charge in [-0.2, -0.15) is 0 Å². The van der Waals surface area contributed by atoms with Crippen molar-refractivity contribution < 1.29 is 28.5 Å². The Balaban J connectivity index is 1.84. The number of fused-ring (bicyclic) bond motifs is 1. The number of ether oxygens (including phenoxy) is 4. The van der Waals surface area contributed by atoms with Crippen LogP contribution in [0.25, 0.3) is 0 Å². The van der Waals surface area contributed by atoms with Gasteiger partial charge in [-0.05, 0) is 41.5 Å². The highest BCUT2D eigenvalue weighted by Gasteiger charge is 2.43. The van der Waals surface area contributed by atoms with E-state index in [1.54, 1.807) is 67.8 Å². The second-order valence-corrected chi connectivity index (χ2v) is 7.98. The maximum Gasteiger partial charge on any atom is 0.254 e. The molecule has 0 fully saturated rings. The fourth-order valence-electron chi connectivity index (χ4n) is 4.43. The third kappa shape index (κ3) is 4.32. The molecule has 182 valence electrons. The van der Waals surface area contributed by atoms with E-state index < -0.39 is 12.0 Å². The average Bonchev–Trinajstić information content (AvgIpc) is 2.89.